The monoisotopic (exact) mass is 370 g/mol. The molecule has 140 valence electrons. The van der Waals surface area contributed by atoms with Crippen LogP contribution in [0.2, 0.25) is 0 Å². The molecule has 0 bridgehead atoms. The number of nitrogens with zero attached hydrogens (tertiary/aromatic N) is 1. The van der Waals surface area contributed by atoms with Crippen molar-refractivity contribution in [2.24, 2.45) is 0 Å². The first-order valence-electron chi connectivity index (χ1n) is 8.05. The van der Waals surface area contributed by atoms with Gasteiger partial charge in [0.05, 0.1) is 6.61 Å². The molecule has 0 aliphatic heterocycles. The number of ketones is 1. The Labute approximate surface area is 154 Å². The molecule has 0 unspecified atom stereocenters. The number of carbonyl (C=O) groups is 2. The number of hydrogen-bond donors (Lipinski definition) is 1. The van der Waals surface area contributed by atoms with Gasteiger partial charge in [0.15, 0.2) is 0 Å². The third-order valence-corrected chi connectivity index (χ3v) is 3.47. The Balaban J connectivity index is 2.13. The third-order valence-electron chi connectivity index (χ3n) is 3.47. The zero-order valence-corrected chi connectivity index (χ0v) is 14.9. The highest BCUT2D eigenvalue weighted by Crippen LogP contribution is 2.07. The van der Waals surface area contributed by atoms with E-state index in [0.29, 0.717) is 5.56 Å². The minimum atomic E-state index is -0.693. The zero-order chi connectivity index (χ0) is 19.8. The molecule has 8 heteroatoms. The van der Waals surface area contributed by atoms with E-state index in [9.17, 15) is 19.2 Å². The summed E-state index contributed by atoms with van der Waals surface area (Å²) in [4.78, 5) is 48.6. The number of aromatic nitrogens is 2. The summed E-state index contributed by atoms with van der Waals surface area (Å²) in [6.45, 7) is 3.02. The molecule has 2 aromatic rings. The highest BCUT2D eigenvalue weighted by molar-refractivity contribution is 6.10. The van der Waals surface area contributed by atoms with Crippen LogP contribution in [0.5, 0.6) is 0 Å². The largest absolute Gasteiger partial charge is 0.463 e. The number of carbonyl (C=O) groups excluding carboxylic acids is 2. The van der Waals surface area contributed by atoms with Crippen LogP contribution >= 0.6 is 0 Å². The second-order valence-corrected chi connectivity index (χ2v) is 5.54. The van der Waals surface area contributed by atoms with Crippen LogP contribution < -0.4 is 11.2 Å². The van der Waals surface area contributed by atoms with Gasteiger partial charge in [-0.3, -0.25) is 23.9 Å². The fourth-order valence-corrected chi connectivity index (χ4v) is 2.12. The molecule has 0 fully saturated rings. The van der Waals surface area contributed by atoms with Crippen LogP contribution in [0.3, 0.4) is 0 Å². The highest BCUT2D eigenvalue weighted by Gasteiger charge is 2.06. The number of aryl methyl sites for hydroxylation is 1. The molecule has 27 heavy (non-hydrogen) atoms. The van der Waals surface area contributed by atoms with Gasteiger partial charge in [0, 0.05) is 18.7 Å². The van der Waals surface area contributed by atoms with Gasteiger partial charge in [0.1, 0.15) is 18.9 Å². The van der Waals surface area contributed by atoms with Crippen molar-refractivity contribution in [3.05, 3.63) is 68.0 Å². The van der Waals surface area contributed by atoms with E-state index in [-0.39, 0.29) is 25.5 Å². The van der Waals surface area contributed by atoms with Gasteiger partial charge >= 0.3 is 11.7 Å². The van der Waals surface area contributed by atoms with E-state index >= 15 is 0 Å². The van der Waals surface area contributed by atoms with Gasteiger partial charge in [0.25, 0.3) is 5.56 Å². The number of H-pyrrole nitrogens is 1. The molecular weight excluding hydrogens is 352 g/mol. The van der Waals surface area contributed by atoms with Gasteiger partial charge < -0.3 is 9.47 Å². The number of nitrogens with one attached hydrogen (secondary N) is 1. The van der Waals surface area contributed by atoms with Gasteiger partial charge in [-0.25, -0.2) is 4.79 Å². The Morgan fingerprint density at radius 2 is 1.93 bits per heavy atom. The zero-order valence-electron chi connectivity index (χ0n) is 14.9. The first-order chi connectivity index (χ1) is 12.9. The van der Waals surface area contributed by atoms with E-state index in [1.165, 1.54) is 13.1 Å². The summed E-state index contributed by atoms with van der Waals surface area (Å²) in [5.41, 5.74) is -0.190. The molecule has 0 saturated heterocycles. The fraction of sp³-hybridized carbons (Fsp3) is 0.263. The normalized spacial score (nSPS) is 10.0. The van der Waals surface area contributed by atoms with Gasteiger partial charge in [-0.05, 0) is 18.4 Å². The van der Waals surface area contributed by atoms with Crippen molar-refractivity contribution in [2.75, 3.05) is 13.2 Å². The number of benzene rings is 1. The van der Waals surface area contributed by atoms with Gasteiger partial charge in [-0.15, -0.1) is 0 Å². The van der Waals surface area contributed by atoms with E-state index < -0.39 is 23.0 Å². The van der Waals surface area contributed by atoms with Gasteiger partial charge in [-0.2, -0.15) is 0 Å². The maximum Gasteiger partial charge on any atom is 0.330 e. The molecule has 2 rings (SSSR count). The number of esters is 1. The predicted octanol–water partition coefficient (Wildman–Crippen LogP) is 0.617. The van der Waals surface area contributed by atoms with E-state index in [1.54, 1.807) is 25.1 Å². The molecule has 0 amide bonds. The summed E-state index contributed by atoms with van der Waals surface area (Å²) < 4.78 is 11.0. The lowest BCUT2D eigenvalue weighted by molar-refractivity contribution is -0.142. The second-order valence-electron chi connectivity index (χ2n) is 5.54. The van der Waals surface area contributed by atoms with Crippen molar-refractivity contribution < 1.29 is 19.1 Å². The van der Waals surface area contributed by atoms with Crippen molar-refractivity contribution in [2.45, 2.75) is 20.6 Å². The van der Waals surface area contributed by atoms with Gasteiger partial charge in [-0.1, -0.05) is 30.2 Å². The van der Waals surface area contributed by atoms with Crippen molar-refractivity contribution in [3.8, 4) is 11.8 Å². The summed E-state index contributed by atoms with van der Waals surface area (Å²) in [6.07, 6.45) is 1.21. The molecule has 0 spiro atoms. The lowest BCUT2D eigenvalue weighted by Gasteiger charge is -2.07. The van der Waals surface area contributed by atoms with Crippen molar-refractivity contribution >= 4 is 11.8 Å². The summed E-state index contributed by atoms with van der Waals surface area (Å²) in [5, 5.41) is 0. The second kappa shape index (κ2) is 9.31. The average Bonchev–Trinajstić information content (AvgIpc) is 2.62. The first kappa shape index (κ1) is 19.9. The predicted molar refractivity (Wildman–Crippen MR) is 96.3 cm³/mol. The topological polar surface area (TPSA) is 107 Å². The van der Waals surface area contributed by atoms with Crippen LogP contribution in [0.15, 0.2) is 40.1 Å². The number of hydrogen-bond acceptors (Lipinski definition) is 6. The Hall–Kier alpha value is -3.44. The molecule has 1 heterocycles. The van der Waals surface area contributed by atoms with Crippen LogP contribution in [0.4, 0.5) is 0 Å². The van der Waals surface area contributed by atoms with E-state index in [4.69, 9.17) is 9.47 Å². The Morgan fingerprint density at radius 3 is 2.63 bits per heavy atom. The number of rotatable bonds is 6. The lowest BCUT2D eigenvalue weighted by atomic mass is 10.1. The average molecular weight is 370 g/mol. The van der Waals surface area contributed by atoms with Crippen LogP contribution in [0, 0.1) is 18.8 Å². The summed E-state index contributed by atoms with van der Waals surface area (Å²) >= 11 is 0. The molecule has 0 aliphatic carbocycles. The van der Waals surface area contributed by atoms with Crippen LogP contribution in [0.25, 0.3) is 0 Å². The summed E-state index contributed by atoms with van der Waals surface area (Å²) in [6, 6.07) is 6.97. The Morgan fingerprint density at radius 1 is 1.19 bits per heavy atom. The van der Waals surface area contributed by atoms with E-state index in [1.807, 2.05) is 6.07 Å². The molecule has 0 aliphatic rings. The SMILES string of the molecule is CC(=O)OCCOCn1cc(C#CC(=O)c2ccccc2C)c(=O)[nH]c1=O. The number of ether oxygens (including phenoxy) is 2. The number of Topliss-reactive ketones (excluding diaryl/α,β-unsaturated/α-hetero) is 1. The van der Waals surface area contributed by atoms with Crippen molar-refractivity contribution in [1.29, 1.82) is 0 Å². The summed E-state index contributed by atoms with van der Waals surface area (Å²) in [5.74, 6) is 4.04. The van der Waals surface area contributed by atoms with E-state index in [0.717, 1.165) is 10.1 Å². The molecule has 8 nitrogen and oxygen atoms in total. The van der Waals surface area contributed by atoms with Crippen molar-refractivity contribution in [1.82, 2.24) is 9.55 Å². The summed E-state index contributed by atoms with van der Waals surface area (Å²) in [7, 11) is 0. The molecule has 1 N–H and O–H groups in total. The molecular formula is C19H18N2O6. The molecule has 0 saturated carbocycles. The minimum absolute atomic E-state index is 0.0416. The van der Waals surface area contributed by atoms with Crippen molar-refractivity contribution in [3.63, 3.8) is 0 Å². The first-order valence-corrected chi connectivity index (χ1v) is 8.05. The van der Waals surface area contributed by atoms with Gasteiger partial charge in [0.2, 0.25) is 5.78 Å². The smallest absolute Gasteiger partial charge is 0.330 e. The molecule has 1 aromatic heterocycles. The molecule has 1 aromatic carbocycles. The fourth-order valence-electron chi connectivity index (χ4n) is 2.12. The van der Waals surface area contributed by atoms with Crippen LogP contribution in [0.1, 0.15) is 28.4 Å². The lowest BCUT2D eigenvalue weighted by Crippen LogP contribution is -2.32. The maximum absolute atomic E-state index is 12.2. The third kappa shape index (κ3) is 5.80. The minimum Gasteiger partial charge on any atom is -0.463 e. The van der Waals surface area contributed by atoms with E-state index in [2.05, 4.69) is 16.8 Å². The van der Waals surface area contributed by atoms with Crippen LogP contribution in [-0.4, -0.2) is 34.5 Å². The Bertz CT molecular complexity index is 1020. The van der Waals surface area contributed by atoms with Crippen LogP contribution in [-0.2, 0) is 21.0 Å². The highest BCUT2D eigenvalue weighted by atomic mass is 16.6. The maximum atomic E-state index is 12.2. The molecule has 0 radical (unpaired) electrons. The quantitative estimate of drug-likeness (QED) is 0.346. The standard InChI is InChI=1S/C19H18N2O6/c1-13-5-3-4-6-16(13)17(23)8-7-15-11-21(19(25)20-18(15)24)12-26-9-10-27-14(2)22/h3-6,11H,9-10,12H2,1-2H3,(H,20,24,25). The molecule has 0 atom stereocenters. The number of aromatic amines is 1. The Kier molecular flexibility index (Phi) is 6.86.